The molecule has 11 nitrogen and oxygen atoms in total. The van der Waals surface area contributed by atoms with Crippen LogP contribution in [0.1, 0.15) is 58.6 Å². The number of nitrogens with one attached hydrogen (secondary N) is 2. The van der Waals surface area contributed by atoms with Gasteiger partial charge in [-0.05, 0) is 51.3 Å². The van der Waals surface area contributed by atoms with Crippen molar-refractivity contribution in [1.29, 1.82) is 0 Å². The molecule has 5 amide bonds. The molecule has 1 aromatic carbocycles. The topological polar surface area (TPSA) is 128 Å². The maximum atomic E-state index is 12.8. The summed E-state index contributed by atoms with van der Waals surface area (Å²) in [5.41, 5.74) is 1.81. The summed E-state index contributed by atoms with van der Waals surface area (Å²) >= 11 is 0. The molecule has 2 saturated heterocycles. The number of piperidine rings is 1. The Morgan fingerprint density at radius 2 is 1.76 bits per heavy atom. The number of aryl methyl sites for hydroxylation is 1. The number of anilines is 1. The van der Waals surface area contributed by atoms with Crippen molar-refractivity contribution in [1.82, 2.24) is 20.0 Å². The van der Waals surface area contributed by atoms with E-state index >= 15 is 0 Å². The molecule has 210 valence electrons. The number of hydrogen-bond donors (Lipinski definition) is 2. The molecule has 1 aromatic rings. The number of nitrogens with zero attached hydrogens (tertiary/aromatic N) is 3. The molecule has 0 spiro atoms. The van der Waals surface area contributed by atoms with Crippen molar-refractivity contribution in [3.8, 4) is 0 Å². The Bertz CT molecular complexity index is 1010. The average molecular weight is 532 g/mol. The van der Waals surface area contributed by atoms with E-state index < -0.39 is 17.6 Å². The van der Waals surface area contributed by atoms with Crippen LogP contribution in [0.2, 0.25) is 0 Å². The largest absolute Gasteiger partial charge is 0.444 e. The van der Waals surface area contributed by atoms with Crippen molar-refractivity contribution < 1.29 is 28.7 Å². The second-order valence-electron chi connectivity index (χ2n) is 10.0. The highest BCUT2D eigenvalue weighted by atomic mass is 16.6. The molecule has 2 N–H and O–H groups in total. The number of carbonyl (C=O) groups is 5. The fourth-order valence-corrected chi connectivity index (χ4v) is 4.23. The number of piperazine rings is 1. The van der Waals surface area contributed by atoms with Crippen molar-refractivity contribution >= 4 is 35.9 Å². The molecule has 1 atom stereocenters. The van der Waals surface area contributed by atoms with Gasteiger partial charge in [0.1, 0.15) is 11.6 Å². The van der Waals surface area contributed by atoms with E-state index in [2.05, 4.69) is 10.6 Å². The fraction of sp³-hybridized carbons (Fsp3) is 0.593. The highest BCUT2D eigenvalue weighted by molar-refractivity contribution is 6.00. The van der Waals surface area contributed by atoms with Crippen LogP contribution in [0, 0.1) is 6.92 Å². The summed E-state index contributed by atoms with van der Waals surface area (Å²) in [6.45, 7) is 13.2. The van der Waals surface area contributed by atoms with E-state index in [1.165, 1.54) is 4.90 Å². The van der Waals surface area contributed by atoms with Crippen LogP contribution in [0.3, 0.4) is 0 Å². The van der Waals surface area contributed by atoms with Gasteiger partial charge in [-0.2, -0.15) is 0 Å². The summed E-state index contributed by atoms with van der Waals surface area (Å²) in [5.74, 6) is -0.934. The van der Waals surface area contributed by atoms with Gasteiger partial charge < -0.3 is 24.8 Å². The van der Waals surface area contributed by atoms with Gasteiger partial charge in [0.15, 0.2) is 0 Å². The van der Waals surface area contributed by atoms with E-state index in [1.54, 1.807) is 9.80 Å². The van der Waals surface area contributed by atoms with E-state index in [-0.39, 0.29) is 43.8 Å². The third-order valence-electron chi connectivity index (χ3n) is 6.21. The molecule has 2 heterocycles. The second-order valence-corrected chi connectivity index (χ2v) is 10.0. The maximum Gasteiger partial charge on any atom is 0.410 e. The summed E-state index contributed by atoms with van der Waals surface area (Å²) in [4.78, 5) is 65.3. The number of benzene rings is 1. The molecule has 0 aromatic heterocycles. The Hall–Kier alpha value is -3.63. The third kappa shape index (κ3) is 8.46. The zero-order chi connectivity index (χ0) is 28.5. The number of carbonyl (C=O) groups excluding carboxylic acids is 5. The van der Waals surface area contributed by atoms with E-state index in [1.807, 2.05) is 59.7 Å². The Morgan fingerprint density at radius 1 is 1.13 bits per heavy atom. The SMILES string of the molecule is CC.Cc1cccc(NCC(=O)N2CCN(C(=O)OC(C)(C)C)CC2)c1CN(C=O)C1CCC(=O)NC1=O. The predicted molar refractivity (Wildman–Crippen MR) is 143 cm³/mol. The Balaban J connectivity index is 0.00000247. The third-order valence-corrected chi connectivity index (χ3v) is 6.21. The molecule has 0 aliphatic carbocycles. The summed E-state index contributed by atoms with van der Waals surface area (Å²) < 4.78 is 5.40. The Kier molecular flexibility index (Phi) is 11.1. The van der Waals surface area contributed by atoms with Gasteiger partial charge in [-0.1, -0.05) is 26.0 Å². The molecule has 38 heavy (non-hydrogen) atoms. The van der Waals surface area contributed by atoms with Crippen LogP contribution in [0.5, 0.6) is 0 Å². The minimum Gasteiger partial charge on any atom is -0.444 e. The van der Waals surface area contributed by atoms with E-state index in [0.717, 1.165) is 11.1 Å². The lowest BCUT2D eigenvalue weighted by atomic mass is 10.0. The van der Waals surface area contributed by atoms with Crippen LogP contribution in [0.15, 0.2) is 18.2 Å². The van der Waals surface area contributed by atoms with Gasteiger partial charge in [-0.15, -0.1) is 0 Å². The van der Waals surface area contributed by atoms with Gasteiger partial charge in [-0.25, -0.2) is 4.79 Å². The molecule has 2 aliphatic heterocycles. The molecule has 0 saturated carbocycles. The van der Waals surface area contributed by atoms with Gasteiger partial charge >= 0.3 is 6.09 Å². The van der Waals surface area contributed by atoms with E-state index in [0.29, 0.717) is 38.3 Å². The number of hydrogen-bond acceptors (Lipinski definition) is 7. The highest BCUT2D eigenvalue weighted by Gasteiger charge is 2.32. The first-order valence-electron chi connectivity index (χ1n) is 13.1. The average Bonchev–Trinajstić information content (AvgIpc) is 2.87. The van der Waals surface area contributed by atoms with Gasteiger partial charge in [-0.3, -0.25) is 24.5 Å². The molecule has 0 bridgehead atoms. The lowest BCUT2D eigenvalue weighted by Gasteiger charge is -2.35. The van der Waals surface area contributed by atoms with Gasteiger partial charge in [0.05, 0.1) is 6.54 Å². The summed E-state index contributed by atoms with van der Waals surface area (Å²) in [6.07, 6.45) is 0.681. The van der Waals surface area contributed by atoms with Gasteiger partial charge in [0, 0.05) is 44.8 Å². The van der Waals surface area contributed by atoms with Crippen molar-refractivity contribution in [3.63, 3.8) is 0 Å². The zero-order valence-corrected chi connectivity index (χ0v) is 23.3. The van der Waals surface area contributed by atoms with E-state index in [4.69, 9.17) is 4.74 Å². The van der Waals surface area contributed by atoms with Crippen LogP contribution in [-0.2, 0) is 30.5 Å². The van der Waals surface area contributed by atoms with Crippen molar-refractivity contribution in [3.05, 3.63) is 29.3 Å². The normalized spacial score (nSPS) is 17.6. The van der Waals surface area contributed by atoms with Crippen LogP contribution in [-0.4, -0.2) is 89.3 Å². The van der Waals surface area contributed by atoms with Crippen molar-refractivity contribution in [2.24, 2.45) is 0 Å². The van der Waals surface area contributed by atoms with Crippen molar-refractivity contribution in [2.75, 3.05) is 38.0 Å². The number of ether oxygens (including phenoxy) is 1. The minimum absolute atomic E-state index is 0.0440. The summed E-state index contributed by atoms with van der Waals surface area (Å²) in [6, 6.07) is 4.84. The maximum absolute atomic E-state index is 12.8. The highest BCUT2D eigenvalue weighted by Crippen LogP contribution is 2.24. The second kappa shape index (κ2) is 13.8. The lowest BCUT2D eigenvalue weighted by molar-refractivity contribution is -0.141. The number of imide groups is 1. The van der Waals surface area contributed by atoms with Crippen molar-refractivity contribution in [2.45, 2.75) is 72.6 Å². The van der Waals surface area contributed by atoms with Crippen LogP contribution < -0.4 is 10.6 Å². The van der Waals surface area contributed by atoms with Crippen LogP contribution >= 0.6 is 0 Å². The minimum atomic E-state index is -0.726. The van der Waals surface area contributed by atoms with Gasteiger partial charge in [0.25, 0.3) is 0 Å². The molecule has 3 rings (SSSR count). The first kappa shape index (κ1) is 30.6. The molecular weight excluding hydrogens is 490 g/mol. The van der Waals surface area contributed by atoms with Gasteiger partial charge in [0.2, 0.25) is 24.1 Å². The Labute approximate surface area is 224 Å². The Morgan fingerprint density at radius 3 is 2.34 bits per heavy atom. The zero-order valence-electron chi connectivity index (χ0n) is 23.3. The van der Waals surface area contributed by atoms with Crippen LogP contribution in [0.25, 0.3) is 0 Å². The number of amides is 5. The lowest BCUT2D eigenvalue weighted by Crippen LogP contribution is -2.52. The summed E-state index contributed by atoms with van der Waals surface area (Å²) in [5, 5.41) is 5.45. The first-order valence-corrected chi connectivity index (χ1v) is 13.1. The molecule has 0 radical (unpaired) electrons. The standard InChI is InChI=1S/C25H35N5O6.C2H6/c1-17-6-5-7-19(18(17)15-30(16-31)20-8-9-21(32)27-23(20)34)26-14-22(33)28-10-12-29(13-11-28)24(35)36-25(2,3)4;1-2/h5-7,16,20,26H,8-15H2,1-4H3,(H,27,32,34);1-2H3. The summed E-state index contributed by atoms with van der Waals surface area (Å²) in [7, 11) is 0. The number of rotatable bonds is 7. The smallest absolute Gasteiger partial charge is 0.410 e. The fourth-order valence-electron chi connectivity index (χ4n) is 4.23. The molecule has 11 heteroatoms. The monoisotopic (exact) mass is 531 g/mol. The predicted octanol–water partition coefficient (Wildman–Crippen LogP) is 2.28. The molecule has 2 aliphatic rings. The molecule has 2 fully saturated rings. The first-order chi connectivity index (χ1) is 18.0. The van der Waals surface area contributed by atoms with E-state index in [9.17, 15) is 24.0 Å². The molecular formula is C27H41N5O6. The quantitative estimate of drug-likeness (QED) is 0.408. The molecule has 1 unspecified atom stereocenters. The van der Waals surface area contributed by atoms with Crippen LogP contribution in [0.4, 0.5) is 10.5 Å².